The van der Waals surface area contributed by atoms with Gasteiger partial charge < -0.3 is 14.8 Å². The second kappa shape index (κ2) is 6.04. The molecule has 3 nitrogen and oxygen atoms in total. The van der Waals surface area contributed by atoms with Gasteiger partial charge in [-0.1, -0.05) is 6.07 Å². The van der Waals surface area contributed by atoms with E-state index in [2.05, 4.69) is 33.4 Å². The Morgan fingerprint density at radius 2 is 2.30 bits per heavy atom. The van der Waals surface area contributed by atoms with Crippen molar-refractivity contribution in [3.05, 3.63) is 28.2 Å². The molecule has 1 aromatic carbocycles. The third-order valence-corrected chi connectivity index (χ3v) is 4.94. The molecular weight excluding hydrogens is 318 g/mol. The first-order valence-electron chi connectivity index (χ1n) is 7.34. The van der Waals surface area contributed by atoms with Crippen LogP contribution in [0, 0.1) is 5.41 Å². The monoisotopic (exact) mass is 339 g/mol. The molecule has 2 fully saturated rings. The zero-order valence-corrected chi connectivity index (χ0v) is 13.5. The number of hydrogen-bond donors (Lipinski definition) is 1. The zero-order valence-electron chi connectivity index (χ0n) is 12.0. The van der Waals surface area contributed by atoms with Gasteiger partial charge in [-0.2, -0.15) is 0 Å². The summed E-state index contributed by atoms with van der Waals surface area (Å²) in [4.78, 5) is 0. The van der Waals surface area contributed by atoms with Crippen LogP contribution in [0.5, 0.6) is 5.75 Å². The van der Waals surface area contributed by atoms with Crippen LogP contribution in [0.4, 0.5) is 0 Å². The SMILES string of the molecule is COc1ccc(CC2(CNC3CC3)CCOC2)cc1Br. The first kappa shape index (κ1) is 14.4. The fourth-order valence-electron chi connectivity index (χ4n) is 2.89. The Morgan fingerprint density at radius 3 is 2.90 bits per heavy atom. The molecule has 0 spiro atoms. The summed E-state index contributed by atoms with van der Waals surface area (Å²) in [7, 11) is 1.70. The number of benzene rings is 1. The number of hydrogen-bond acceptors (Lipinski definition) is 3. The summed E-state index contributed by atoms with van der Waals surface area (Å²) < 4.78 is 12.0. The first-order chi connectivity index (χ1) is 9.71. The summed E-state index contributed by atoms with van der Waals surface area (Å²) in [5.41, 5.74) is 1.61. The lowest BCUT2D eigenvalue weighted by atomic mass is 9.81. The number of halogens is 1. The molecule has 110 valence electrons. The van der Waals surface area contributed by atoms with Crippen LogP contribution in [0.25, 0.3) is 0 Å². The van der Waals surface area contributed by atoms with Crippen molar-refractivity contribution >= 4 is 15.9 Å². The molecule has 1 saturated heterocycles. The fraction of sp³-hybridized carbons (Fsp3) is 0.625. The van der Waals surface area contributed by atoms with Crippen LogP contribution >= 0.6 is 15.9 Å². The van der Waals surface area contributed by atoms with E-state index in [1.807, 2.05) is 6.07 Å². The van der Waals surface area contributed by atoms with Crippen molar-refractivity contribution in [2.24, 2.45) is 5.41 Å². The molecule has 1 unspecified atom stereocenters. The molecule has 1 heterocycles. The lowest BCUT2D eigenvalue weighted by Gasteiger charge is -2.28. The normalized spacial score (nSPS) is 25.9. The van der Waals surface area contributed by atoms with Crippen LogP contribution in [0.1, 0.15) is 24.8 Å². The standard InChI is InChI=1S/C16H22BrNO2/c1-19-15-5-2-12(8-14(15)17)9-16(6-7-20-11-16)10-18-13-3-4-13/h2,5,8,13,18H,3-4,6-7,9-11H2,1H3. The predicted octanol–water partition coefficient (Wildman–Crippen LogP) is 3.16. The Morgan fingerprint density at radius 1 is 1.45 bits per heavy atom. The van der Waals surface area contributed by atoms with E-state index < -0.39 is 0 Å². The van der Waals surface area contributed by atoms with E-state index in [1.54, 1.807) is 7.11 Å². The van der Waals surface area contributed by atoms with Gasteiger partial charge in [-0.25, -0.2) is 0 Å². The summed E-state index contributed by atoms with van der Waals surface area (Å²) >= 11 is 3.57. The molecule has 1 aromatic rings. The molecule has 1 aliphatic heterocycles. The molecule has 0 aromatic heterocycles. The number of ether oxygens (including phenoxy) is 2. The molecule has 20 heavy (non-hydrogen) atoms. The van der Waals surface area contributed by atoms with Gasteiger partial charge in [-0.3, -0.25) is 0 Å². The first-order valence-corrected chi connectivity index (χ1v) is 8.14. The van der Waals surface area contributed by atoms with Gasteiger partial charge in [0.05, 0.1) is 18.2 Å². The van der Waals surface area contributed by atoms with Crippen molar-refractivity contribution in [1.29, 1.82) is 0 Å². The molecule has 0 amide bonds. The molecular formula is C16H22BrNO2. The summed E-state index contributed by atoms with van der Waals surface area (Å²) in [5, 5.41) is 3.68. The molecule has 0 radical (unpaired) electrons. The van der Waals surface area contributed by atoms with Crippen LogP contribution in [-0.2, 0) is 11.2 Å². The van der Waals surface area contributed by atoms with Gasteiger partial charge >= 0.3 is 0 Å². The lowest BCUT2D eigenvalue weighted by molar-refractivity contribution is 0.149. The Bertz CT molecular complexity index is 468. The van der Waals surface area contributed by atoms with Crippen LogP contribution < -0.4 is 10.1 Å². The highest BCUT2D eigenvalue weighted by molar-refractivity contribution is 9.10. The summed E-state index contributed by atoms with van der Waals surface area (Å²) in [6, 6.07) is 7.14. The van der Waals surface area contributed by atoms with Gasteiger partial charge in [0.15, 0.2) is 0 Å². The van der Waals surface area contributed by atoms with Crippen LogP contribution in [-0.4, -0.2) is 32.9 Å². The highest BCUT2D eigenvalue weighted by Crippen LogP contribution is 2.35. The van der Waals surface area contributed by atoms with Crippen molar-refractivity contribution in [3.63, 3.8) is 0 Å². The van der Waals surface area contributed by atoms with Gasteiger partial charge in [0.1, 0.15) is 5.75 Å². The maximum absolute atomic E-state index is 5.68. The summed E-state index contributed by atoms with van der Waals surface area (Å²) in [5.74, 6) is 0.890. The zero-order chi connectivity index (χ0) is 14.0. The van der Waals surface area contributed by atoms with Gasteiger partial charge in [0, 0.05) is 24.6 Å². The smallest absolute Gasteiger partial charge is 0.133 e. The maximum Gasteiger partial charge on any atom is 0.133 e. The molecule has 3 rings (SSSR count). The minimum Gasteiger partial charge on any atom is -0.496 e. The van der Waals surface area contributed by atoms with E-state index in [0.717, 1.165) is 48.9 Å². The van der Waals surface area contributed by atoms with Crippen molar-refractivity contribution in [3.8, 4) is 5.75 Å². The van der Waals surface area contributed by atoms with Crippen LogP contribution in [0.3, 0.4) is 0 Å². The minimum absolute atomic E-state index is 0.261. The quantitative estimate of drug-likeness (QED) is 0.863. The molecule has 1 aliphatic carbocycles. The van der Waals surface area contributed by atoms with E-state index in [1.165, 1.54) is 18.4 Å². The van der Waals surface area contributed by atoms with E-state index in [4.69, 9.17) is 9.47 Å². The Kier molecular flexibility index (Phi) is 4.34. The molecule has 1 N–H and O–H groups in total. The Labute approximate surface area is 129 Å². The largest absolute Gasteiger partial charge is 0.496 e. The molecule has 1 saturated carbocycles. The maximum atomic E-state index is 5.68. The van der Waals surface area contributed by atoms with Crippen molar-refractivity contribution < 1.29 is 9.47 Å². The minimum atomic E-state index is 0.261. The van der Waals surface area contributed by atoms with Gasteiger partial charge in [-0.05, 0) is 59.3 Å². The second-order valence-corrected chi connectivity index (χ2v) is 6.96. The fourth-order valence-corrected chi connectivity index (χ4v) is 3.48. The predicted molar refractivity (Wildman–Crippen MR) is 83.3 cm³/mol. The van der Waals surface area contributed by atoms with Gasteiger partial charge in [0.25, 0.3) is 0 Å². The van der Waals surface area contributed by atoms with Crippen LogP contribution in [0.15, 0.2) is 22.7 Å². The molecule has 4 heteroatoms. The lowest BCUT2D eigenvalue weighted by Crippen LogP contribution is -2.37. The summed E-state index contributed by atoms with van der Waals surface area (Å²) in [6.45, 7) is 2.83. The number of nitrogens with one attached hydrogen (secondary N) is 1. The van der Waals surface area contributed by atoms with E-state index in [-0.39, 0.29) is 5.41 Å². The molecule has 1 atom stereocenters. The van der Waals surface area contributed by atoms with Gasteiger partial charge in [-0.15, -0.1) is 0 Å². The third kappa shape index (κ3) is 3.35. The highest BCUT2D eigenvalue weighted by atomic mass is 79.9. The Balaban J connectivity index is 1.70. The molecule has 0 bridgehead atoms. The van der Waals surface area contributed by atoms with E-state index in [0.29, 0.717) is 0 Å². The van der Waals surface area contributed by atoms with Gasteiger partial charge in [0.2, 0.25) is 0 Å². The van der Waals surface area contributed by atoms with Crippen molar-refractivity contribution in [1.82, 2.24) is 5.32 Å². The average Bonchev–Trinajstić information content (AvgIpc) is 3.17. The Hall–Kier alpha value is -0.580. The van der Waals surface area contributed by atoms with Crippen molar-refractivity contribution in [2.45, 2.75) is 31.7 Å². The van der Waals surface area contributed by atoms with E-state index >= 15 is 0 Å². The third-order valence-electron chi connectivity index (χ3n) is 4.32. The molecule has 2 aliphatic rings. The number of rotatable bonds is 6. The summed E-state index contributed by atoms with van der Waals surface area (Å²) in [6.07, 6.45) is 4.89. The topological polar surface area (TPSA) is 30.5 Å². The van der Waals surface area contributed by atoms with Crippen molar-refractivity contribution in [2.75, 3.05) is 26.9 Å². The number of methoxy groups -OCH3 is 1. The highest BCUT2D eigenvalue weighted by Gasteiger charge is 2.36. The second-order valence-electron chi connectivity index (χ2n) is 6.10. The van der Waals surface area contributed by atoms with E-state index in [9.17, 15) is 0 Å². The average molecular weight is 340 g/mol. The van der Waals surface area contributed by atoms with Crippen LogP contribution in [0.2, 0.25) is 0 Å².